The molecule has 0 spiro atoms. The minimum Gasteiger partial charge on any atom is -0.504 e. The number of phenolic OH excluding ortho intramolecular Hbond substituents is 1. The number of rotatable bonds is 5. The smallest absolute Gasteiger partial charge is 0.178 e. The van der Waals surface area contributed by atoms with Crippen molar-refractivity contribution >= 4 is 33.9 Å². The molecule has 0 unspecified atom stereocenters. The van der Waals surface area contributed by atoms with Crippen molar-refractivity contribution in [3.05, 3.63) is 70.0 Å². The number of hydrogen-bond acceptors (Lipinski definition) is 3. The Kier molecular flexibility index (Phi) is 5.71. The van der Waals surface area contributed by atoms with Gasteiger partial charge in [-0.2, -0.15) is 0 Å². The summed E-state index contributed by atoms with van der Waals surface area (Å²) < 4.78 is 18.7. The molecule has 0 saturated carbocycles. The molecule has 1 N–H and O–H groups in total. The zero-order valence-corrected chi connectivity index (χ0v) is 13.9. The molecular formula is C18H14BrFO3. The lowest BCUT2D eigenvalue weighted by atomic mass is 10.1. The van der Waals surface area contributed by atoms with Gasteiger partial charge in [-0.15, -0.1) is 0 Å². The van der Waals surface area contributed by atoms with Crippen LogP contribution in [-0.2, 0) is 4.79 Å². The zero-order chi connectivity index (χ0) is 16.8. The Morgan fingerprint density at radius 1 is 1.13 bits per heavy atom. The van der Waals surface area contributed by atoms with Crippen molar-refractivity contribution in [3.63, 3.8) is 0 Å². The normalized spacial score (nSPS) is 11.3. The summed E-state index contributed by atoms with van der Waals surface area (Å²) in [5, 5.41) is 9.50. The summed E-state index contributed by atoms with van der Waals surface area (Å²) in [5.41, 5.74) is 1.31. The van der Waals surface area contributed by atoms with Crippen molar-refractivity contribution in [3.8, 4) is 11.5 Å². The van der Waals surface area contributed by atoms with E-state index in [1.807, 2.05) is 0 Å². The van der Waals surface area contributed by atoms with Crippen molar-refractivity contribution in [2.24, 2.45) is 0 Å². The van der Waals surface area contributed by atoms with E-state index >= 15 is 0 Å². The Morgan fingerprint density at radius 2 is 1.74 bits per heavy atom. The summed E-state index contributed by atoms with van der Waals surface area (Å²) in [6.45, 7) is 0. The number of benzene rings is 2. The van der Waals surface area contributed by atoms with Crippen LogP contribution in [0.2, 0.25) is 0 Å². The molecule has 5 heteroatoms. The first-order valence-corrected chi connectivity index (χ1v) is 7.51. The second-order valence-corrected chi connectivity index (χ2v) is 5.53. The second kappa shape index (κ2) is 7.74. The molecule has 0 radical (unpaired) electrons. The van der Waals surface area contributed by atoms with Gasteiger partial charge in [0.25, 0.3) is 0 Å². The minimum absolute atomic E-state index is 0.0353. The molecule has 3 nitrogen and oxygen atoms in total. The predicted molar refractivity (Wildman–Crippen MR) is 91.8 cm³/mol. The molecule has 0 aliphatic rings. The topological polar surface area (TPSA) is 46.5 Å². The fourth-order valence-corrected chi connectivity index (χ4v) is 2.07. The molecule has 23 heavy (non-hydrogen) atoms. The summed E-state index contributed by atoms with van der Waals surface area (Å²) >= 11 is 3.07. The fraction of sp³-hybridized carbons (Fsp3) is 0.0556. The third-order valence-corrected chi connectivity index (χ3v) is 3.67. The number of ketones is 1. The average Bonchev–Trinajstić information content (AvgIpc) is 2.55. The van der Waals surface area contributed by atoms with Crippen LogP contribution in [0.1, 0.15) is 11.1 Å². The SMILES string of the molecule is COc1cc(/C=C/C(=O)/C=C/c2ccc(Br)c(F)c2)ccc1O. The monoisotopic (exact) mass is 376 g/mol. The lowest BCUT2D eigenvalue weighted by Crippen LogP contribution is -1.87. The van der Waals surface area contributed by atoms with Crippen LogP contribution in [0.25, 0.3) is 12.2 Å². The summed E-state index contributed by atoms with van der Waals surface area (Å²) in [6.07, 6.45) is 5.89. The molecular weight excluding hydrogens is 363 g/mol. The van der Waals surface area contributed by atoms with E-state index in [2.05, 4.69) is 15.9 Å². The number of carbonyl (C=O) groups is 1. The molecule has 0 aliphatic carbocycles. The molecule has 2 aromatic carbocycles. The molecule has 0 aromatic heterocycles. The molecule has 118 valence electrons. The number of aromatic hydroxyl groups is 1. The van der Waals surface area contributed by atoms with Crippen molar-refractivity contribution < 1.29 is 19.0 Å². The highest BCUT2D eigenvalue weighted by atomic mass is 79.9. The molecule has 0 saturated heterocycles. The van der Waals surface area contributed by atoms with E-state index in [0.717, 1.165) is 5.56 Å². The molecule has 0 atom stereocenters. The second-order valence-electron chi connectivity index (χ2n) is 4.67. The largest absolute Gasteiger partial charge is 0.504 e. The van der Waals surface area contributed by atoms with Crippen LogP contribution in [0.5, 0.6) is 11.5 Å². The standard InChI is InChI=1S/C18H14BrFO3/c1-23-18-11-13(5-9-17(18)22)3-7-14(21)6-2-12-4-8-15(19)16(20)10-12/h2-11,22H,1H3/b6-2+,7-3+. The van der Waals surface area contributed by atoms with Crippen LogP contribution in [-0.4, -0.2) is 18.0 Å². The third-order valence-electron chi connectivity index (χ3n) is 3.03. The van der Waals surface area contributed by atoms with Gasteiger partial charge in [0.1, 0.15) is 5.82 Å². The first kappa shape index (κ1) is 17.0. The highest BCUT2D eigenvalue weighted by molar-refractivity contribution is 9.10. The van der Waals surface area contributed by atoms with Crippen LogP contribution < -0.4 is 4.74 Å². The summed E-state index contributed by atoms with van der Waals surface area (Å²) in [4.78, 5) is 11.8. The molecule has 0 aliphatic heterocycles. The van der Waals surface area contributed by atoms with E-state index in [9.17, 15) is 14.3 Å². The maximum Gasteiger partial charge on any atom is 0.178 e. The van der Waals surface area contributed by atoms with Crippen molar-refractivity contribution in [1.29, 1.82) is 0 Å². The maximum atomic E-state index is 13.4. The fourth-order valence-electron chi connectivity index (χ4n) is 1.83. The van der Waals surface area contributed by atoms with E-state index in [-0.39, 0.29) is 17.3 Å². The van der Waals surface area contributed by atoms with E-state index in [4.69, 9.17) is 4.74 Å². The first-order valence-electron chi connectivity index (χ1n) is 6.72. The van der Waals surface area contributed by atoms with Crippen molar-refractivity contribution in [1.82, 2.24) is 0 Å². The van der Waals surface area contributed by atoms with Crippen molar-refractivity contribution in [2.45, 2.75) is 0 Å². The number of carbonyl (C=O) groups excluding carboxylic acids is 1. The van der Waals surface area contributed by atoms with E-state index in [1.54, 1.807) is 36.4 Å². The Hall–Kier alpha value is -2.40. The predicted octanol–water partition coefficient (Wildman–Crippen LogP) is 4.60. The van der Waals surface area contributed by atoms with Crippen LogP contribution in [0, 0.1) is 5.82 Å². The highest BCUT2D eigenvalue weighted by Gasteiger charge is 2.01. The Morgan fingerprint density at radius 3 is 2.35 bits per heavy atom. The molecule has 0 bridgehead atoms. The van der Waals surface area contributed by atoms with Gasteiger partial charge in [-0.05, 0) is 63.5 Å². The number of hydrogen-bond donors (Lipinski definition) is 1. The zero-order valence-electron chi connectivity index (χ0n) is 12.3. The summed E-state index contributed by atoms with van der Waals surface area (Å²) in [6, 6.07) is 9.39. The van der Waals surface area contributed by atoms with Crippen molar-refractivity contribution in [2.75, 3.05) is 7.11 Å². The molecule has 2 rings (SSSR count). The number of ether oxygens (including phenoxy) is 1. The van der Waals surface area contributed by atoms with Crippen LogP contribution in [0.4, 0.5) is 4.39 Å². The van der Waals surface area contributed by atoms with Gasteiger partial charge in [0.2, 0.25) is 0 Å². The summed E-state index contributed by atoms with van der Waals surface area (Å²) in [5.74, 6) is -0.250. The Bertz CT molecular complexity index is 782. The maximum absolute atomic E-state index is 13.4. The van der Waals surface area contributed by atoms with Crippen LogP contribution >= 0.6 is 15.9 Å². The van der Waals surface area contributed by atoms with Gasteiger partial charge < -0.3 is 9.84 Å². The lowest BCUT2D eigenvalue weighted by molar-refractivity contribution is -0.110. The van der Waals surface area contributed by atoms with Gasteiger partial charge in [0.05, 0.1) is 11.6 Å². The number of allylic oxidation sites excluding steroid dienone is 2. The van der Waals surface area contributed by atoms with E-state index in [0.29, 0.717) is 15.8 Å². The van der Waals surface area contributed by atoms with E-state index < -0.39 is 0 Å². The molecule has 0 fully saturated rings. The Labute approximate surface area is 141 Å². The lowest BCUT2D eigenvalue weighted by Gasteiger charge is -2.03. The minimum atomic E-state index is -0.383. The molecule has 0 heterocycles. The molecule has 2 aromatic rings. The van der Waals surface area contributed by atoms with Crippen LogP contribution in [0.3, 0.4) is 0 Å². The highest BCUT2D eigenvalue weighted by Crippen LogP contribution is 2.26. The summed E-state index contributed by atoms with van der Waals surface area (Å²) in [7, 11) is 1.45. The quantitative estimate of drug-likeness (QED) is 0.775. The van der Waals surface area contributed by atoms with Crippen LogP contribution in [0.15, 0.2) is 53.0 Å². The van der Waals surface area contributed by atoms with Gasteiger partial charge in [-0.1, -0.05) is 24.3 Å². The number of methoxy groups -OCH3 is 1. The van der Waals surface area contributed by atoms with Gasteiger partial charge >= 0.3 is 0 Å². The third kappa shape index (κ3) is 4.79. The number of phenols is 1. The van der Waals surface area contributed by atoms with E-state index in [1.165, 1.54) is 31.4 Å². The van der Waals surface area contributed by atoms with Gasteiger partial charge in [0, 0.05) is 0 Å². The van der Waals surface area contributed by atoms with Gasteiger partial charge in [-0.25, -0.2) is 4.39 Å². The molecule has 0 amide bonds. The van der Waals surface area contributed by atoms with Gasteiger partial charge in [0.15, 0.2) is 17.3 Å². The Balaban J connectivity index is 2.06. The average molecular weight is 377 g/mol. The van der Waals surface area contributed by atoms with Gasteiger partial charge in [-0.3, -0.25) is 4.79 Å². The first-order chi connectivity index (χ1) is 11.0. The number of halogens is 2.